The highest BCUT2D eigenvalue weighted by molar-refractivity contribution is 7.12. The molecule has 1 aromatic rings. The van der Waals surface area contributed by atoms with Gasteiger partial charge in [0.1, 0.15) is 0 Å². The fourth-order valence-corrected chi connectivity index (χ4v) is 2.77. The van der Waals surface area contributed by atoms with Crippen molar-refractivity contribution in [1.29, 1.82) is 0 Å². The third kappa shape index (κ3) is 2.42. The molecule has 1 amide bonds. The van der Waals surface area contributed by atoms with Crippen molar-refractivity contribution in [2.45, 2.75) is 25.3 Å². The van der Waals surface area contributed by atoms with Gasteiger partial charge in [0.05, 0.1) is 17.5 Å². The van der Waals surface area contributed by atoms with Crippen molar-refractivity contribution < 1.29 is 9.63 Å². The number of rotatable bonds is 3. The van der Waals surface area contributed by atoms with E-state index in [0.717, 1.165) is 30.7 Å². The Balaban J connectivity index is 2.08. The second-order valence-corrected chi connectivity index (χ2v) is 4.91. The Hall–Kier alpha value is -0.910. The van der Waals surface area contributed by atoms with E-state index in [9.17, 15) is 4.79 Å². The van der Waals surface area contributed by atoms with Crippen molar-refractivity contribution in [3.63, 3.8) is 0 Å². The average molecular weight is 240 g/mol. The molecule has 5 heteroatoms. The number of likely N-dealkylation sites (tertiary alicyclic amines) is 1. The van der Waals surface area contributed by atoms with Crippen LogP contribution in [0.3, 0.4) is 0 Å². The molecule has 0 aromatic carbocycles. The van der Waals surface area contributed by atoms with E-state index in [0.29, 0.717) is 6.61 Å². The molecule has 0 radical (unpaired) electrons. The van der Waals surface area contributed by atoms with Gasteiger partial charge in [-0.2, -0.15) is 0 Å². The molecular weight excluding hydrogens is 224 g/mol. The fourth-order valence-electron chi connectivity index (χ4n) is 2.09. The number of carbonyl (C=O) groups excluding carboxylic acids is 1. The number of hydrogen-bond donors (Lipinski definition) is 1. The summed E-state index contributed by atoms with van der Waals surface area (Å²) in [6, 6.07) is 3.89. The third-order valence-corrected chi connectivity index (χ3v) is 3.77. The Bertz CT molecular complexity index is 338. The first-order chi connectivity index (χ1) is 7.83. The van der Waals surface area contributed by atoms with Crippen LogP contribution in [-0.2, 0) is 4.84 Å². The highest BCUT2D eigenvalue weighted by Crippen LogP contribution is 2.21. The first-order valence-corrected chi connectivity index (χ1v) is 6.37. The summed E-state index contributed by atoms with van der Waals surface area (Å²) >= 11 is 1.48. The Morgan fingerprint density at radius 2 is 2.50 bits per heavy atom. The summed E-state index contributed by atoms with van der Waals surface area (Å²) in [5.74, 6) is 5.21. The Morgan fingerprint density at radius 3 is 3.19 bits per heavy atom. The van der Waals surface area contributed by atoms with E-state index in [1.165, 1.54) is 11.3 Å². The summed E-state index contributed by atoms with van der Waals surface area (Å²) < 4.78 is 0. The summed E-state index contributed by atoms with van der Waals surface area (Å²) in [5, 5.41) is 1.92. The number of thiophene rings is 1. The number of nitrogens with zero attached hydrogens (tertiary/aromatic N) is 1. The predicted molar refractivity (Wildman–Crippen MR) is 63.1 cm³/mol. The molecule has 16 heavy (non-hydrogen) atoms. The van der Waals surface area contributed by atoms with E-state index in [1.54, 1.807) is 0 Å². The Kier molecular flexibility index (Phi) is 3.93. The highest BCUT2D eigenvalue weighted by atomic mass is 32.1. The SMILES string of the molecule is NOCC1CCCCN1C(=O)c1cccs1. The minimum Gasteiger partial charge on any atom is -0.333 e. The predicted octanol–water partition coefficient (Wildman–Crippen LogP) is 1.63. The fraction of sp³-hybridized carbons (Fsp3) is 0.545. The normalized spacial score (nSPS) is 21.1. The molecule has 2 rings (SSSR count). The van der Waals surface area contributed by atoms with Crippen LogP contribution in [0, 0.1) is 0 Å². The van der Waals surface area contributed by atoms with Gasteiger partial charge >= 0.3 is 0 Å². The van der Waals surface area contributed by atoms with E-state index in [4.69, 9.17) is 5.90 Å². The van der Waals surface area contributed by atoms with Crippen LogP contribution in [0.2, 0.25) is 0 Å². The van der Waals surface area contributed by atoms with Gasteiger partial charge in [-0.15, -0.1) is 11.3 Å². The first-order valence-electron chi connectivity index (χ1n) is 5.49. The van der Waals surface area contributed by atoms with Crippen LogP contribution in [0.1, 0.15) is 28.9 Å². The van der Waals surface area contributed by atoms with Crippen molar-refractivity contribution in [1.82, 2.24) is 4.90 Å². The van der Waals surface area contributed by atoms with E-state index in [1.807, 2.05) is 22.4 Å². The lowest BCUT2D eigenvalue weighted by molar-refractivity contribution is 0.0317. The van der Waals surface area contributed by atoms with Crippen molar-refractivity contribution in [2.24, 2.45) is 5.90 Å². The zero-order valence-electron chi connectivity index (χ0n) is 9.09. The van der Waals surface area contributed by atoms with Crippen LogP contribution in [0.5, 0.6) is 0 Å². The molecule has 1 aromatic heterocycles. The van der Waals surface area contributed by atoms with Crippen LogP contribution in [-0.4, -0.2) is 30.0 Å². The lowest BCUT2D eigenvalue weighted by Gasteiger charge is -2.34. The van der Waals surface area contributed by atoms with Gasteiger partial charge in [0.25, 0.3) is 5.91 Å². The molecule has 2 heterocycles. The van der Waals surface area contributed by atoms with Crippen LogP contribution >= 0.6 is 11.3 Å². The number of amides is 1. The Morgan fingerprint density at radius 1 is 1.62 bits per heavy atom. The van der Waals surface area contributed by atoms with E-state index < -0.39 is 0 Å². The molecule has 2 N–H and O–H groups in total. The molecule has 0 aliphatic carbocycles. The maximum Gasteiger partial charge on any atom is 0.264 e. The topological polar surface area (TPSA) is 55.6 Å². The molecule has 0 bridgehead atoms. The molecule has 1 unspecified atom stereocenters. The largest absolute Gasteiger partial charge is 0.333 e. The lowest BCUT2D eigenvalue weighted by Crippen LogP contribution is -2.46. The average Bonchev–Trinajstić information content (AvgIpc) is 2.83. The molecular formula is C11H16N2O2S. The van der Waals surface area contributed by atoms with Gasteiger partial charge in [0.2, 0.25) is 0 Å². The van der Waals surface area contributed by atoms with Crippen LogP contribution in [0.4, 0.5) is 0 Å². The zero-order valence-corrected chi connectivity index (χ0v) is 9.91. The number of carbonyl (C=O) groups is 1. The van der Waals surface area contributed by atoms with E-state index >= 15 is 0 Å². The molecule has 0 saturated carbocycles. The quantitative estimate of drug-likeness (QED) is 0.817. The van der Waals surface area contributed by atoms with Gasteiger partial charge in [-0.25, -0.2) is 5.90 Å². The van der Waals surface area contributed by atoms with Gasteiger partial charge in [0, 0.05) is 6.54 Å². The first kappa shape index (κ1) is 11.6. The van der Waals surface area contributed by atoms with Gasteiger partial charge in [-0.1, -0.05) is 6.07 Å². The smallest absolute Gasteiger partial charge is 0.264 e. The van der Waals surface area contributed by atoms with Crippen LogP contribution in [0.25, 0.3) is 0 Å². The Labute approximate surface area is 98.9 Å². The summed E-state index contributed by atoms with van der Waals surface area (Å²) in [6.07, 6.45) is 3.19. The van der Waals surface area contributed by atoms with Crippen LogP contribution < -0.4 is 5.90 Å². The van der Waals surface area contributed by atoms with Crippen molar-refractivity contribution in [2.75, 3.05) is 13.2 Å². The van der Waals surface area contributed by atoms with Gasteiger partial charge < -0.3 is 9.74 Å². The maximum absolute atomic E-state index is 12.2. The summed E-state index contributed by atoms with van der Waals surface area (Å²) in [7, 11) is 0. The lowest BCUT2D eigenvalue weighted by atomic mass is 10.0. The standard InChI is InChI=1S/C11H16N2O2S/c12-15-8-9-4-1-2-6-13(9)11(14)10-5-3-7-16-10/h3,5,7,9H,1-2,4,6,8,12H2. The maximum atomic E-state index is 12.2. The number of piperidine rings is 1. The molecule has 88 valence electrons. The van der Waals surface area contributed by atoms with Crippen molar-refractivity contribution >= 4 is 17.2 Å². The minimum absolute atomic E-state index is 0.108. The monoisotopic (exact) mass is 240 g/mol. The van der Waals surface area contributed by atoms with E-state index in [-0.39, 0.29) is 11.9 Å². The van der Waals surface area contributed by atoms with E-state index in [2.05, 4.69) is 4.84 Å². The molecule has 1 aliphatic rings. The number of hydrogen-bond acceptors (Lipinski definition) is 4. The second kappa shape index (κ2) is 5.43. The molecule has 4 nitrogen and oxygen atoms in total. The molecule has 1 atom stereocenters. The van der Waals surface area contributed by atoms with Crippen LogP contribution in [0.15, 0.2) is 17.5 Å². The van der Waals surface area contributed by atoms with Crippen molar-refractivity contribution in [3.05, 3.63) is 22.4 Å². The molecule has 1 aliphatic heterocycles. The molecule has 0 spiro atoms. The third-order valence-electron chi connectivity index (χ3n) is 2.91. The molecule has 1 saturated heterocycles. The van der Waals surface area contributed by atoms with Crippen molar-refractivity contribution in [3.8, 4) is 0 Å². The highest BCUT2D eigenvalue weighted by Gasteiger charge is 2.27. The van der Waals surface area contributed by atoms with Gasteiger partial charge in [0.15, 0.2) is 0 Å². The second-order valence-electron chi connectivity index (χ2n) is 3.96. The zero-order chi connectivity index (χ0) is 11.4. The van der Waals surface area contributed by atoms with Gasteiger partial charge in [-0.05, 0) is 30.7 Å². The summed E-state index contributed by atoms with van der Waals surface area (Å²) in [5.41, 5.74) is 0. The summed E-state index contributed by atoms with van der Waals surface area (Å²) in [4.78, 5) is 19.6. The summed E-state index contributed by atoms with van der Waals surface area (Å²) in [6.45, 7) is 1.24. The molecule has 1 fully saturated rings. The number of nitrogens with two attached hydrogens (primary N) is 1. The minimum atomic E-state index is 0.108. The van der Waals surface area contributed by atoms with Gasteiger partial charge in [-0.3, -0.25) is 4.79 Å².